The first-order chi connectivity index (χ1) is 12.1. The van der Waals surface area contributed by atoms with Crippen LogP contribution in [-0.4, -0.2) is 23.1 Å². The van der Waals surface area contributed by atoms with Crippen LogP contribution >= 0.6 is 23.8 Å². The van der Waals surface area contributed by atoms with Gasteiger partial charge in [0.2, 0.25) is 0 Å². The summed E-state index contributed by atoms with van der Waals surface area (Å²) in [6, 6.07) is 14.2. The first-order valence-corrected chi connectivity index (χ1v) is 9.54. The summed E-state index contributed by atoms with van der Waals surface area (Å²) >= 11 is 11.5. The predicted octanol–water partition coefficient (Wildman–Crippen LogP) is 5.44. The Labute approximate surface area is 160 Å². The summed E-state index contributed by atoms with van der Waals surface area (Å²) in [7, 11) is 0. The number of thiocarbonyl (C=S) groups is 1. The maximum Gasteiger partial charge on any atom is 0.175 e. The Hall–Kier alpha value is -1.62. The van der Waals surface area contributed by atoms with Crippen LogP contribution in [0.3, 0.4) is 0 Å². The zero-order chi connectivity index (χ0) is 17.6. The molecule has 0 saturated carbocycles. The second-order valence-corrected chi connectivity index (χ2v) is 7.42. The molecule has 25 heavy (non-hydrogen) atoms. The summed E-state index contributed by atoms with van der Waals surface area (Å²) in [6.07, 6.45) is 4.01. The molecule has 3 nitrogen and oxygen atoms in total. The van der Waals surface area contributed by atoms with Gasteiger partial charge in [-0.1, -0.05) is 36.2 Å². The Morgan fingerprint density at radius 1 is 1.04 bits per heavy atom. The van der Waals surface area contributed by atoms with Gasteiger partial charge in [-0.2, -0.15) is 0 Å². The Morgan fingerprint density at radius 2 is 1.76 bits per heavy atom. The molecular formula is C20H24ClN3S. The number of aryl methyl sites for hydroxylation is 1. The van der Waals surface area contributed by atoms with Crippen molar-refractivity contribution in [1.82, 2.24) is 4.90 Å². The van der Waals surface area contributed by atoms with Crippen LogP contribution in [-0.2, 0) is 6.54 Å². The monoisotopic (exact) mass is 373 g/mol. The quantitative estimate of drug-likeness (QED) is 0.697. The van der Waals surface area contributed by atoms with Crippen molar-refractivity contribution in [3.8, 4) is 0 Å². The zero-order valence-electron chi connectivity index (χ0n) is 14.5. The van der Waals surface area contributed by atoms with E-state index in [9.17, 15) is 0 Å². The number of piperidine rings is 1. The van der Waals surface area contributed by atoms with Gasteiger partial charge in [0, 0.05) is 22.9 Å². The van der Waals surface area contributed by atoms with Crippen LogP contribution in [0.15, 0.2) is 42.5 Å². The second-order valence-electron chi connectivity index (χ2n) is 6.57. The number of hydrogen-bond donors (Lipinski definition) is 2. The smallest absolute Gasteiger partial charge is 0.175 e. The minimum absolute atomic E-state index is 0.564. The molecule has 1 aliphatic rings. The summed E-state index contributed by atoms with van der Waals surface area (Å²) in [5.74, 6) is 0. The number of hydrogen-bond acceptors (Lipinski definition) is 2. The zero-order valence-corrected chi connectivity index (χ0v) is 16.1. The molecule has 0 aliphatic carbocycles. The van der Waals surface area contributed by atoms with Crippen molar-refractivity contribution in [2.24, 2.45) is 0 Å². The maximum atomic E-state index is 6.05. The van der Waals surface area contributed by atoms with Crippen LogP contribution in [0.5, 0.6) is 0 Å². The van der Waals surface area contributed by atoms with Crippen LogP contribution < -0.4 is 10.6 Å². The van der Waals surface area contributed by atoms with Gasteiger partial charge in [0.05, 0.1) is 0 Å². The first-order valence-electron chi connectivity index (χ1n) is 8.75. The molecule has 132 valence electrons. The van der Waals surface area contributed by atoms with Gasteiger partial charge >= 0.3 is 0 Å². The molecule has 2 N–H and O–H groups in total. The van der Waals surface area contributed by atoms with Gasteiger partial charge in [-0.05, 0) is 80.5 Å². The Balaban J connectivity index is 1.55. The van der Waals surface area contributed by atoms with Crippen molar-refractivity contribution >= 4 is 40.3 Å². The van der Waals surface area contributed by atoms with E-state index in [-0.39, 0.29) is 0 Å². The van der Waals surface area contributed by atoms with Gasteiger partial charge in [-0.25, -0.2) is 0 Å². The summed E-state index contributed by atoms with van der Waals surface area (Å²) in [4.78, 5) is 2.53. The lowest BCUT2D eigenvalue weighted by atomic mass is 10.1. The highest BCUT2D eigenvalue weighted by molar-refractivity contribution is 7.80. The fraction of sp³-hybridized carbons (Fsp3) is 0.350. The first kappa shape index (κ1) is 18.2. The van der Waals surface area contributed by atoms with E-state index in [1.54, 1.807) is 0 Å². The number of benzene rings is 2. The van der Waals surface area contributed by atoms with E-state index in [1.165, 1.54) is 37.9 Å². The molecule has 1 aliphatic heterocycles. The Kier molecular flexibility index (Phi) is 6.29. The highest BCUT2D eigenvalue weighted by atomic mass is 35.5. The minimum Gasteiger partial charge on any atom is -0.332 e. The molecular weight excluding hydrogens is 350 g/mol. The minimum atomic E-state index is 0.564. The van der Waals surface area contributed by atoms with Crippen LogP contribution in [0, 0.1) is 6.92 Å². The van der Waals surface area contributed by atoms with Gasteiger partial charge in [-0.15, -0.1) is 0 Å². The van der Waals surface area contributed by atoms with Crippen LogP contribution in [0.2, 0.25) is 5.02 Å². The Morgan fingerprint density at radius 3 is 2.48 bits per heavy atom. The molecule has 0 amide bonds. The third-order valence-corrected chi connectivity index (χ3v) is 4.95. The molecule has 1 heterocycles. The highest BCUT2D eigenvalue weighted by Gasteiger charge is 2.10. The average Bonchev–Trinajstić information content (AvgIpc) is 2.61. The molecule has 0 aromatic heterocycles. The van der Waals surface area contributed by atoms with Gasteiger partial charge in [0.25, 0.3) is 0 Å². The van der Waals surface area contributed by atoms with E-state index in [0.717, 1.165) is 23.5 Å². The molecule has 3 rings (SSSR count). The molecule has 0 radical (unpaired) electrons. The average molecular weight is 374 g/mol. The molecule has 0 bridgehead atoms. The van der Waals surface area contributed by atoms with Crippen molar-refractivity contribution in [2.75, 3.05) is 23.7 Å². The van der Waals surface area contributed by atoms with Gasteiger partial charge in [-0.3, -0.25) is 4.90 Å². The fourth-order valence-corrected chi connectivity index (χ4v) is 3.48. The molecule has 0 spiro atoms. The third kappa shape index (κ3) is 5.43. The van der Waals surface area contributed by atoms with Crippen molar-refractivity contribution in [3.63, 3.8) is 0 Å². The van der Waals surface area contributed by atoms with E-state index < -0.39 is 0 Å². The predicted molar refractivity (Wildman–Crippen MR) is 112 cm³/mol. The third-order valence-electron chi connectivity index (χ3n) is 4.51. The van der Waals surface area contributed by atoms with Crippen molar-refractivity contribution < 1.29 is 0 Å². The summed E-state index contributed by atoms with van der Waals surface area (Å²) in [5, 5.41) is 7.70. The highest BCUT2D eigenvalue weighted by Crippen LogP contribution is 2.21. The van der Waals surface area contributed by atoms with Crippen molar-refractivity contribution in [2.45, 2.75) is 32.7 Å². The van der Waals surface area contributed by atoms with E-state index in [1.807, 2.05) is 25.1 Å². The molecule has 5 heteroatoms. The number of likely N-dealkylation sites (tertiary alicyclic amines) is 1. The van der Waals surface area contributed by atoms with Gasteiger partial charge in [0.15, 0.2) is 5.11 Å². The molecule has 1 fully saturated rings. The van der Waals surface area contributed by atoms with E-state index in [2.05, 4.69) is 39.8 Å². The Bertz CT molecular complexity index is 724. The molecule has 0 atom stereocenters. The number of rotatable bonds is 4. The van der Waals surface area contributed by atoms with Crippen molar-refractivity contribution in [3.05, 3.63) is 58.6 Å². The van der Waals surface area contributed by atoms with E-state index in [4.69, 9.17) is 23.8 Å². The molecule has 2 aromatic rings. The summed E-state index contributed by atoms with van der Waals surface area (Å²) in [5.41, 5.74) is 4.36. The number of anilines is 2. The van der Waals surface area contributed by atoms with Gasteiger partial charge in [0.1, 0.15) is 0 Å². The summed E-state index contributed by atoms with van der Waals surface area (Å²) < 4.78 is 0. The van der Waals surface area contributed by atoms with E-state index in [0.29, 0.717) is 10.1 Å². The molecule has 2 aromatic carbocycles. The lowest BCUT2D eigenvalue weighted by Gasteiger charge is -2.26. The second kappa shape index (κ2) is 8.65. The fourth-order valence-electron chi connectivity index (χ4n) is 3.08. The lowest BCUT2D eigenvalue weighted by molar-refractivity contribution is 0.221. The SMILES string of the molecule is Cc1ccc(Cl)cc1NC(=S)Nc1ccc(CN2CCCCC2)cc1. The van der Waals surface area contributed by atoms with Gasteiger partial charge < -0.3 is 10.6 Å². The lowest BCUT2D eigenvalue weighted by Crippen LogP contribution is -2.29. The van der Waals surface area contributed by atoms with E-state index >= 15 is 0 Å². The largest absolute Gasteiger partial charge is 0.332 e. The number of nitrogens with zero attached hydrogens (tertiary/aromatic N) is 1. The molecule has 1 saturated heterocycles. The van der Waals surface area contributed by atoms with Crippen LogP contribution in [0.1, 0.15) is 30.4 Å². The van der Waals surface area contributed by atoms with Crippen molar-refractivity contribution in [1.29, 1.82) is 0 Å². The number of nitrogens with one attached hydrogen (secondary N) is 2. The molecule has 0 unspecified atom stereocenters. The summed E-state index contributed by atoms with van der Waals surface area (Å²) in [6.45, 7) is 5.49. The van der Waals surface area contributed by atoms with Crippen LogP contribution in [0.4, 0.5) is 11.4 Å². The maximum absolute atomic E-state index is 6.05. The van der Waals surface area contributed by atoms with Crippen LogP contribution in [0.25, 0.3) is 0 Å². The topological polar surface area (TPSA) is 27.3 Å². The number of halogens is 1. The normalized spacial score (nSPS) is 15.0. The standard InChI is InChI=1S/C20H24ClN3S/c1-15-5-8-17(21)13-19(15)23-20(25)22-18-9-6-16(7-10-18)14-24-11-3-2-4-12-24/h5-10,13H,2-4,11-12,14H2,1H3,(H2,22,23,25).